The molecule has 1 N–H and O–H groups in total. The Labute approximate surface area is 139 Å². The second-order valence-corrected chi connectivity index (χ2v) is 7.09. The molecule has 0 unspecified atom stereocenters. The summed E-state index contributed by atoms with van der Waals surface area (Å²) in [7, 11) is 0. The Morgan fingerprint density at radius 3 is 2.83 bits per heavy atom. The van der Waals surface area contributed by atoms with E-state index in [-0.39, 0.29) is 12.1 Å². The lowest BCUT2D eigenvalue weighted by Crippen LogP contribution is -2.36. The number of hydrogen-bond donors (Lipinski definition) is 1. The minimum Gasteiger partial charge on any atom is -0.444 e. The van der Waals surface area contributed by atoms with Gasteiger partial charge in [-0.15, -0.1) is 0 Å². The van der Waals surface area contributed by atoms with Crippen molar-refractivity contribution in [2.24, 2.45) is 0 Å². The lowest BCUT2D eigenvalue weighted by molar-refractivity contribution is 0.0224. The van der Waals surface area contributed by atoms with Crippen molar-refractivity contribution in [2.75, 3.05) is 18.4 Å². The normalized spacial score (nSPS) is 18.1. The van der Waals surface area contributed by atoms with Gasteiger partial charge in [0.05, 0.1) is 6.04 Å². The quantitative estimate of drug-likeness (QED) is 0.819. The van der Waals surface area contributed by atoms with Crippen LogP contribution in [0.25, 0.3) is 0 Å². The first-order valence-electron chi connectivity index (χ1n) is 8.60. The summed E-state index contributed by atoms with van der Waals surface area (Å²) in [5.74, 6) is 0.893. The summed E-state index contributed by atoms with van der Waals surface area (Å²) < 4.78 is 5.52. The van der Waals surface area contributed by atoms with Crippen LogP contribution in [0.5, 0.6) is 0 Å². The molecule has 1 aliphatic heterocycles. The van der Waals surface area contributed by atoms with Gasteiger partial charge < -0.3 is 15.0 Å². The van der Waals surface area contributed by atoms with Gasteiger partial charge in [-0.1, -0.05) is 19.4 Å². The van der Waals surface area contributed by atoms with E-state index in [2.05, 4.69) is 23.3 Å². The predicted molar refractivity (Wildman–Crippen MR) is 92.5 cm³/mol. The van der Waals surface area contributed by atoms with E-state index in [0.717, 1.165) is 50.2 Å². The van der Waals surface area contributed by atoms with E-state index in [4.69, 9.17) is 4.74 Å². The van der Waals surface area contributed by atoms with E-state index in [1.54, 1.807) is 0 Å². The van der Waals surface area contributed by atoms with E-state index in [1.165, 1.54) is 0 Å². The zero-order valence-corrected chi connectivity index (χ0v) is 14.8. The van der Waals surface area contributed by atoms with Crippen LogP contribution >= 0.6 is 0 Å². The third-order valence-electron chi connectivity index (χ3n) is 3.89. The molecule has 0 spiro atoms. The number of nitrogens with zero attached hydrogens (tertiary/aromatic N) is 2. The number of anilines is 1. The Hall–Kier alpha value is -1.78. The van der Waals surface area contributed by atoms with Crippen molar-refractivity contribution in [3.8, 4) is 0 Å². The fraction of sp³-hybridized carbons (Fsp3) is 0.667. The smallest absolute Gasteiger partial charge is 0.410 e. The van der Waals surface area contributed by atoms with Gasteiger partial charge in [0.2, 0.25) is 0 Å². The molecule has 0 aliphatic carbocycles. The third-order valence-corrected chi connectivity index (χ3v) is 3.89. The minimum absolute atomic E-state index is 0.0713. The average Bonchev–Trinajstić information content (AvgIpc) is 2.96. The number of hydrogen-bond acceptors (Lipinski definition) is 4. The summed E-state index contributed by atoms with van der Waals surface area (Å²) in [4.78, 5) is 18.7. The highest BCUT2D eigenvalue weighted by Gasteiger charge is 2.33. The summed E-state index contributed by atoms with van der Waals surface area (Å²) >= 11 is 0. The largest absolute Gasteiger partial charge is 0.444 e. The summed E-state index contributed by atoms with van der Waals surface area (Å²) in [5.41, 5.74) is 0.615. The molecule has 1 fully saturated rings. The summed E-state index contributed by atoms with van der Waals surface area (Å²) in [6.45, 7) is 9.55. The molecule has 1 aromatic heterocycles. The van der Waals surface area contributed by atoms with E-state index < -0.39 is 5.60 Å². The molecule has 0 saturated carbocycles. The average molecular weight is 319 g/mol. The van der Waals surface area contributed by atoms with Crippen molar-refractivity contribution in [3.63, 3.8) is 0 Å². The molecule has 1 amide bonds. The van der Waals surface area contributed by atoms with Crippen LogP contribution in [0, 0.1) is 0 Å². The predicted octanol–water partition coefficient (Wildman–Crippen LogP) is 4.37. The van der Waals surface area contributed by atoms with Gasteiger partial charge >= 0.3 is 6.09 Å². The number of ether oxygens (including phenoxy) is 1. The molecule has 2 rings (SSSR count). The molecule has 23 heavy (non-hydrogen) atoms. The van der Waals surface area contributed by atoms with Crippen molar-refractivity contribution in [1.29, 1.82) is 0 Å². The second kappa shape index (κ2) is 7.66. The first-order valence-corrected chi connectivity index (χ1v) is 8.60. The zero-order valence-electron chi connectivity index (χ0n) is 14.8. The van der Waals surface area contributed by atoms with Gasteiger partial charge in [-0.2, -0.15) is 0 Å². The summed E-state index contributed by atoms with van der Waals surface area (Å²) in [5, 5.41) is 3.31. The molecule has 1 atom stereocenters. The van der Waals surface area contributed by atoms with Crippen molar-refractivity contribution in [3.05, 3.63) is 23.9 Å². The van der Waals surface area contributed by atoms with Crippen LogP contribution in [0.15, 0.2) is 18.3 Å². The van der Waals surface area contributed by atoms with Gasteiger partial charge in [-0.05, 0) is 51.7 Å². The van der Waals surface area contributed by atoms with Crippen LogP contribution < -0.4 is 5.32 Å². The number of amides is 1. The number of aromatic nitrogens is 1. The number of carbonyl (C=O) groups excluding carboxylic acids is 1. The van der Waals surface area contributed by atoms with Gasteiger partial charge in [0.1, 0.15) is 11.4 Å². The number of carbonyl (C=O) groups is 1. The molecule has 1 aliphatic rings. The zero-order chi connectivity index (χ0) is 16.9. The summed E-state index contributed by atoms with van der Waals surface area (Å²) in [6, 6.07) is 4.13. The van der Waals surface area contributed by atoms with Crippen molar-refractivity contribution < 1.29 is 9.53 Å². The highest BCUT2D eigenvalue weighted by molar-refractivity contribution is 5.69. The van der Waals surface area contributed by atoms with E-state index >= 15 is 0 Å². The van der Waals surface area contributed by atoms with Crippen molar-refractivity contribution in [2.45, 2.75) is 65.0 Å². The lowest BCUT2D eigenvalue weighted by Gasteiger charge is -2.28. The van der Waals surface area contributed by atoms with Gasteiger partial charge in [0.15, 0.2) is 0 Å². The molecule has 2 heterocycles. The first-order chi connectivity index (χ1) is 10.9. The third kappa shape index (κ3) is 5.12. The first kappa shape index (κ1) is 17.6. The van der Waals surface area contributed by atoms with Crippen molar-refractivity contribution in [1.82, 2.24) is 9.88 Å². The van der Waals surface area contributed by atoms with E-state index in [1.807, 2.05) is 37.9 Å². The van der Waals surface area contributed by atoms with Crippen LogP contribution in [0.1, 0.15) is 65.0 Å². The summed E-state index contributed by atoms with van der Waals surface area (Å²) in [6.07, 6.45) is 5.91. The molecule has 0 radical (unpaired) electrons. The molecule has 128 valence electrons. The number of likely N-dealkylation sites (tertiary alicyclic amines) is 1. The van der Waals surface area contributed by atoms with Gasteiger partial charge in [0, 0.05) is 19.3 Å². The molecule has 0 aromatic carbocycles. The Kier molecular flexibility index (Phi) is 5.85. The highest BCUT2D eigenvalue weighted by atomic mass is 16.6. The number of pyridine rings is 1. The SMILES string of the molecule is CCCCNc1ccc([C@H]2CCCN2C(=O)OC(C)(C)C)cn1. The van der Waals surface area contributed by atoms with Crippen LogP contribution in [0.4, 0.5) is 10.6 Å². The fourth-order valence-electron chi connectivity index (χ4n) is 2.75. The van der Waals surface area contributed by atoms with Crippen LogP contribution in [0.3, 0.4) is 0 Å². The van der Waals surface area contributed by atoms with E-state index in [9.17, 15) is 4.79 Å². The molecule has 1 aromatic rings. The van der Waals surface area contributed by atoms with Crippen LogP contribution in [-0.4, -0.2) is 34.7 Å². The van der Waals surface area contributed by atoms with Crippen LogP contribution in [0.2, 0.25) is 0 Å². The lowest BCUT2D eigenvalue weighted by atomic mass is 10.1. The standard InChI is InChI=1S/C18H29N3O2/c1-5-6-11-19-16-10-9-14(13-20-16)15-8-7-12-21(15)17(22)23-18(2,3)4/h9-10,13,15H,5-8,11-12H2,1-4H3,(H,19,20)/t15-/m1/s1. The Morgan fingerprint density at radius 2 is 2.22 bits per heavy atom. The highest BCUT2D eigenvalue weighted by Crippen LogP contribution is 2.33. The second-order valence-electron chi connectivity index (χ2n) is 7.09. The molecule has 5 heteroatoms. The van der Waals surface area contributed by atoms with Crippen molar-refractivity contribution >= 4 is 11.9 Å². The Morgan fingerprint density at radius 1 is 1.43 bits per heavy atom. The van der Waals surface area contributed by atoms with Gasteiger partial charge in [-0.25, -0.2) is 9.78 Å². The fourth-order valence-corrected chi connectivity index (χ4v) is 2.75. The monoisotopic (exact) mass is 319 g/mol. The maximum absolute atomic E-state index is 12.4. The van der Waals surface area contributed by atoms with Gasteiger partial charge in [-0.3, -0.25) is 0 Å². The maximum atomic E-state index is 12.4. The van der Waals surface area contributed by atoms with Gasteiger partial charge in [0.25, 0.3) is 0 Å². The number of unbranched alkanes of at least 4 members (excludes halogenated alkanes) is 1. The molecular weight excluding hydrogens is 290 g/mol. The molecular formula is C18H29N3O2. The molecule has 1 saturated heterocycles. The minimum atomic E-state index is -0.463. The Balaban J connectivity index is 2.00. The molecule has 0 bridgehead atoms. The van der Waals surface area contributed by atoms with E-state index in [0.29, 0.717) is 0 Å². The topological polar surface area (TPSA) is 54.5 Å². The molecule has 5 nitrogen and oxygen atoms in total. The maximum Gasteiger partial charge on any atom is 0.410 e. The Bertz CT molecular complexity index is 508. The van der Waals surface area contributed by atoms with Crippen LogP contribution in [-0.2, 0) is 4.74 Å². The number of nitrogens with one attached hydrogen (secondary N) is 1. The number of rotatable bonds is 5.